The maximum atomic E-state index is 2.64. The molecule has 0 amide bonds. The first kappa shape index (κ1) is 14.6. The van der Waals surface area contributed by atoms with Gasteiger partial charge in [-0.25, -0.2) is 0 Å². The van der Waals surface area contributed by atoms with E-state index in [0.29, 0.717) is 0 Å². The molecule has 0 nitrogen and oxygen atoms in total. The summed E-state index contributed by atoms with van der Waals surface area (Å²) in [5.41, 5.74) is 1.46. The van der Waals surface area contributed by atoms with Gasteiger partial charge in [0.25, 0.3) is 0 Å². The van der Waals surface area contributed by atoms with E-state index in [1.165, 1.54) is 34.2 Å². The van der Waals surface area contributed by atoms with Gasteiger partial charge in [-0.15, -0.1) is 0 Å². The van der Waals surface area contributed by atoms with Crippen molar-refractivity contribution >= 4 is 13.3 Å². The molecule has 0 atom stereocenters. The van der Waals surface area contributed by atoms with Gasteiger partial charge in [0.1, 0.15) is 0 Å². The van der Waals surface area contributed by atoms with Crippen molar-refractivity contribution in [3.63, 3.8) is 0 Å². The molecule has 94 valence electrons. The first-order valence-electron chi connectivity index (χ1n) is 6.98. The SMILES string of the molecule is C[CH2][Ge](/[CH]=C\CCc1ccccc1)([CH2]C)[CH2]C. The molecule has 0 spiro atoms. The van der Waals surface area contributed by atoms with E-state index >= 15 is 0 Å². The van der Waals surface area contributed by atoms with Crippen molar-refractivity contribution < 1.29 is 0 Å². The van der Waals surface area contributed by atoms with Crippen LogP contribution < -0.4 is 0 Å². The molecule has 0 heterocycles. The number of allylic oxidation sites excluding steroid dienone is 1. The third-order valence-corrected chi connectivity index (χ3v) is 14.9. The van der Waals surface area contributed by atoms with Gasteiger partial charge in [0, 0.05) is 0 Å². The molecule has 0 aromatic heterocycles. The Bertz CT molecular complexity index is 314. The zero-order chi connectivity index (χ0) is 12.6. The van der Waals surface area contributed by atoms with Gasteiger partial charge < -0.3 is 0 Å². The van der Waals surface area contributed by atoms with Crippen molar-refractivity contribution in [2.45, 2.75) is 49.4 Å². The van der Waals surface area contributed by atoms with Crippen LogP contribution in [0.5, 0.6) is 0 Å². The van der Waals surface area contributed by atoms with E-state index < -0.39 is 13.3 Å². The Balaban J connectivity index is 2.44. The van der Waals surface area contributed by atoms with Crippen LogP contribution in [-0.2, 0) is 6.42 Å². The van der Waals surface area contributed by atoms with Crippen molar-refractivity contribution in [2.24, 2.45) is 0 Å². The van der Waals surface area contributed by atoms with Crippen LogP contribution in [0.4, 0.5) is 0 Å². The molecule has 0 unspecified atom stereocenters. The van der Waals surface area contributed by atoms with Crippen molar-refractivity contribution in [2.75, 3.05) is 0 Å². The quantitative estimate of drug-likeness (QED) is 0.604. The number of aryl methyl sites for hydroxylation is 1. The number of benzene rings is 1. The summed E-state index contributed by atoms with van der Waals surface area (Å²) in [5.74, 6) is 0. The second-order valence-corrected chi connectivity index (χ2v) is 15.7. The molecule has 0 radical (unpaired) electrons. The van der Waals surface area contributed by atoms with Gasteiger partial charge in [-0.3, -0.25) is 0 Å². The van der Waals surface area contributed by atoms with Crippen molar-refractivity contribution in [1.82, 2.24) is 0 Å². The van der Waals surface area contributed by atoms with Crippen molar-refractivity contribution in [3.05, 3.63) is 46.9 Å². The summed E-state index contributed by atoms with van der Waals surface area (Å²) in [6, 6.07) is 10.8. The summed E-state index contributed by atoms with van der Waals surface area (Å²) in [7, 11) is 0. The monoisotopic (exact) mass is 292 g/mol. The van der Waals surface area contributed by atoms with Crippen LogP contribution in [0.15, 0.2) is 41.3 Å². The Morgan fingerprint density at radius 3 is 2.06 bits per heavy atom. The first-order chi connectivity index (χ1) is 8.26. The van der Waals surface area contributed by atoms with E-state index in [-0.39, 0.29) is 0 Å². The third-order valence-electron chi connectivity index (χ3n) is 4.03. The van der Waals surface area contributed by atoms with Gasteiger partial charge in [-0.2, -0.15) is 0 Å². The summed E-state index contributed by atoms with van der Waals surface area (Å²) in [5, 5.41) is 4.32. The van der Waals surface area contributed by atoms with Crippen LogP contribution >= 0.6 is 0 Å². The molecular formula is C16H26Ge. The predicted octanol–water partition coefficient (Wildman–Crippen LogP) is 5.22. The minimum absolute atomic E-state index is 1.19. The van der Waals surface area contributed by atoms with Gasteiger partial charge in [-0.05, 0) is 0 Å². The molecule has 0 aliphatic rings. The van der Waals surface area contributed by atoms with Crippen LogP contribution in [0.1, 0.15) is 32.8 Å². The van der Waals surface area contributed by atoms with E-state index in [0.717, 1.165) is 0 Å². The second-order valence-electron chi connectivity index (χ2n) is 4.85. The van der Waals surface area contributed by atoms with Crippen LogP contribution in [0.25, 0.3) is 0 Å². The van der Waals surface area contributed by atoms with Gasteiger partial charge in [0.2, 0.25) is 0 Å². The van der Waals surface area contributed by atoms with Gasteiger partial charge in [0.15, 0.2) is 0 Å². The van der Waals surface area contributed by atoms with Crippen LogP contribution in [0.2, 0.25) is 15.8 Å². The Hall–Kier alpha value is -0.497. The van der Waals surface area contributed by atoms with Crippen molar-refractivity contribution in [1.29, 1.82) is 0 Å². The Labute approximate surface area is 109 Å². The third kappa shape index (κ3) is 4.71. The normalized spacial score (nSPS) is 12.2. The van der Waals surface area contributed by atoms with E-state index in [9.17, 15) is 0 Å². The maximum absolute atomic E-state index is 2.64. The summed E-state index contributed by atoms with van der Waals surface area (Å²) < 4.78 is 0. The fourth-order valence-electron chi connectivity index (χ4n) is 2.33. The average molecular weight is 291 g/mol. The molecule has 1 heteroatoms. The number of hydrogen-bond donors (Lipinski definition) is 0. The molecule has 0 N–H and O–H groups in total. The molecule has 17 heavy (non-hydrogen) atoms. The van der Waals surface area contributed by atoms with Gasteiger partial charge in [0.05, 0.1) is 0 Å². The molecule has 0 saturated carbocycles. The molecule has 1 rings (SSSR count). The first-order valence-corrected chi connectivity index (χ1v) is 12.6. The molecule has 0 fully saturated rings. The van der Waals surface area contributed by atoms with E-state index in [2.05, 4.69) is 62.1 Å². The van der Waals surface area contributed by atoms with Crippen molar-refractivity contribution in [3.8, 4) is 0 Å². The second kappa shape index (κ2) is 7.76. The zero-order valence-electron chi connectivity index (χ0n) is 11.6. The Morgan fingerprint density at radius 1 is 0.941 bits per heavy atom. The number of rotatable bonds is 7. The van der Waals surface area contributed by atoms with E-state index in [1.807, 2.05) is 0 Å². The molecule has 0 aliphatic carbocycles. The van der Waals surface area contributed by atoms with E-state index in [4.69, 9.17) is 0 Å². The summed E-state index contributed by atoms with van der Waals surface area (Å²) in [6.45, 7) is 7.15. The topological polar surface area (TPSA) is 0 Å². The average Bonchev–Trinajstić information content (AvgIpc) is 2.41. The van der Waals surface area contributed by atoms with Crippen LogP contribution in [0.3, 0.4) is 0 Å². The molecular weight excluding hydrogens is 265 g/mol. The summed E-state index contributed by atoms with van der Waals surface area (Å²) >= 11 is -1.55. The van der Waals surface area contributed by atoms with E-state index in [1.54, 1.807) is 0 Å². The Morgan fingerprint density at radius 2 is 1.53 bits per heavy atom. The fraction of sp³-hybridized carbons (Fsp3) is 0.500. The number of hydrogen-bond acceptors (Lipinski definition) is 0. The summed E-state index contributed by atoms with van der Waals surface area (Å²) in [6.07, 6.45) is 4.85. The Kier molecular flexibility index (Phi) is 6.65. The molecule has 0 saturated heterocycles. The van der Waals surface area contributed by atoms with Crippen LogP contribution in [-0.4, -0.2) is 13.3 Å². The standard InChI is InChI=1S/C16H26Ge/c1-4-17(5-2,6-3)15-11-10-14-16-12-8-7-9-13-16/h7-9,11-13,15H,4-6,10,14H2,1-3H3/b15-11-. The molecule has 0 aliphatic heterocycles. The van der Waals surface area contributed by atoms with Gasteiger partial charge >= 0.3 is 110 Å². The van der Waals surface area contributed by atoms with Gasteiger partial charge in [-0.1, -0.05) is 0 Å². The molecule has 0 bridgehead atoms. The predicted molar refractivity (Wildman–Crippen MR) is 81.1 cm³/mol. The summed E-state index contributed by atoms with van der Waals surface area (Å²) in [4.78, 5) is 2.64. The molecule has 1 aromatic rings. The van der Waals surface area contributed by atoms with Crippen LogP contribution in [0, 0.1) is 0 Å². The fourth-order valence-corrected chi connectivity index (χ4v) is 8.36. The minimum atomic E-state index is -1.55. The zero-order valence-corrected chi connectivity index (χ0v) is 13.7. The molecule has 1 aromatic carbocycles.